The van der Waals surface area contributed by atoms with Gasteiger partial charge in [-0.05, 0) is 70.7 Å². The molecular weight excluding hydrogens is 334 g/mol. The third kappa shape index (κ3) is 5.57. The van der Waals surface area contributed by atoms with E-state index in [1.807, 2.05) is 0 Å². The number of hydrogen-bond donors (Lipinski definition) is 1. The van der Waals surface area contributed by atoms with Gasteiger partial charge in [-0.3, -0.25) is 0 Å². The normalized spacial score (nSPS) is 20.4. The van der Waals surface area contributed by atoms with Gasteiger partial charge < -0.3 is 14.8 Å². The molecule has 0 radical (unpaired) electrons. The lowest BCUT2D eigenvalue weighted by atomic mass is 9.91. The largest absolute Gasteiger partial charge is 0.491 e. The van der Waals surface area contributed by atoms with E-state index in [1.165, 1.54) is 16.7 Å². The maximum atomic E-state index is 5.90. The molecule has 3 nitrogen and oxygen atoms in total. The van der Waals surface area contributed by atoms with Crippen molar-refractivity contribution in [1.29, 1.82) is 0 Å². The minimum atomic E-state index is -0.0668. The van der Waals surface area contributed by atoms with Gasteiger partial charge in [-0.2, -0.15) is 0 Å². The number of nitrogens with one attached hydrogen (secondary N) is 1. The molecule has 0 saturated carbocycles. The summed E-state index contributed by atoms with van der Waals surface area (Å²) in [5.74, 6) is 0.920. The van der Waals surface area contributed by atoms with Gasteiger partial charge in [-0.25, -0.2) is 0 Å². The van der Waals surface area contributed by atoms with Crippen LogP contribution in [0.3, 0.4) is 0 Å². The molecule has 1 aliphatic heterocycles. The second kappa shape index (κ2) is 8.45. The lowest BCUT2D eigenvalue weighted by Crippen LogP contribution is -2.45. The van der Waals surface area contributed by atoms with Gasteiger partial charge in [0, 0.05) is 12.6 Å². The van der Waals surface area contributed by atoms with Crippen molar-refractivity contribution in [3.8, 4) is 5.75 Å². The minimum Gasteiger partial charge on any atom is -0.491 e. The van der Waals surface area contributed by atoms with Crippen LogP contribution in [0.1, 0.15) is 63.3 Å². The highest BCUT2D eigenvalue weighted by Crippen LogP contribution is 2.30. The fraction of sp³-hybridized carbons (Fsp3) is 0.500. The maximum Gasteiger partial charge on any atom is 0.119 e. The van der Waals surface area contributed by atoms with Gasteiger partial charge >= 0.3 is 0 Å². The summed E-state index contributed by atoms with van der Waals surface area (Å²) in [4.78, 5) is 0. The van der Waals surface area contributed by atoms with Crippen molar-refractivity contribution in [2.45, 2.75) is 71.2 Å². The van der Waals surface area contributed by atoms with E-state index in [0.717, 1.165) is 25.2 Å². The molecular formula is C24H33NO2. The molecule has 2 aromatic carbocycles. The van der Waals surface area contributed by atoms with Crippen LogP contribution in [0.15, 0.2) is 48.5 Å². The highest BCUT2D eigenvalue weighted by Gasteiger charge is 2.30. The zero-order valence-electron chi connectivity index (χ0n) is 17.3. The van der Waals surface area contributed by atoms with Gasteiger partial charge in [0.1, 0.15) is 5.75 Å². The summed E-state index contributed by atoms with van der Waals surface area (Å²) in [5.41, 5.74) is 3.77. The maximum absolute atomic E-state index is 5.90. The van der Waals surface area contributed by atoms with Crippen molar-refractivity contribution in [2.24, 2.45) is 0 Å². The Balaban J connectivity index is 1.84. The average molecular weight is 368 g/mol. The first-order valence-electron chi connectivity index (χ1n) is 10.1. The first kappa shape index (κ1) is 19.9. The first-order chi connectivity index (χ1) is 12.8. The smallest absolute Gasteiger partial charge is 0.119 e. The molecule has 0 unspecified atom stereocenters. The van der Waals surface area contributed by atoms with Gasteiger partial charge in [0.05, 0.1) is 17.7 Å². The third-order valence-electron chi connectivity index (χ3n) is 5.10. The Morgan fingerprint density at radius 1 is 1.00 bits per heavy atom. The molecule has 2 aromatic rings. The van der Waals surface area contributed by atoms with Crippen LogP contribution in [0.25, 0.3) is 0 Å². The predicted molar refractivity (Wildman–Crippen MR) is 111 cm³/mol. The highest BCUT2D eigenvalue weighted by molar-refractivity contribution is 5.36. The highest BCUT2D eigenvalue weighted by atomic mass is 16.5. The van der Waals surface area contributed by atoms with Crippen LogP contribution in [0, 0.1) is 6.92 Å². The molecule has 27 heavy (non-hydrogen) atoms. The number of ether oxygens (including phenoxy) is 2. The van der Waals surface area contributed by atoms with E-state index in [-0.39, 0.29) is 17.7 Å². The molecule has 3 rings (SSSR count). The minimum absolute atomic E-state index is 0.0668. The molecule has 0 aromatic heterocycles. The standard InChI is InChI=1S/C24H33NO2/c1-17(2)27-22-12-10-20(11-13-22)23(19-8-6-18(3)7-9-19)25-21-14-15-26-24(4,5)16-21/h6-13,17,21,23,25H,14-16H2,1-5H3/t21-,23-/m0/s1. The monoisotopic (exact) mass is 367 g/mol. The number of aryl methyl sites for hydroxylation is 1. The van der Waals surface area contributed by atoms with Crippen LogP contribution in [0.2, 0.25) is 0 Å². The van der Waals surface area contributed by atoms with Crippen LogP contribution >= 0.6 is 0 Å². The van der Waals surface area contributed by atoms with E-state index in [0.29, 0.717) is 6.04 Å². The van der Waals surface area contributed by atoms with Gasteiger partial charge in [0.2, 0.25) is 0 Å². The zero-order valence-corrected chi connectivity index (χ0v) is 17.3. The summed E-state index contributed by atoms with van der Waals surface area (Å²) >= 11 is 0. The van der Waals surface area contributed by atoms with E-state index in [2.05, 4.69) is 88.5 Å². The van der Waals surface area contributed by atoms with Crippen molar-refractivity contribution < 1.29 is 9.47 Å². The molecule has 0 bridgehead atoms. The van der Waals surface area contributed by atoms with Crippen LogP contribution in [0.4, 0.5) is 0 Å². The van der Waals surface area contributed by atoms with Crippen molar-refractivity contribution in [1.82, 2.24) is 5.32 Å². The van der Waals surface area contributed by atoms with E-state index < -0.39 is 0 Å². The summed E-state index contributed by atoms with van der Waals surface area (Å²) in [5, 5.41) is 3.90. The summed E-state index contributed by atoms with van der Waals surface area (Å²) in [6.07, 6.45) is 2.25. The average Bonchev–Trinajstić information content (AvgIpc) is 2.60. The quantitative estimate of drug-likeness (QED) is 0.739. The van der Waals surface area contributed by atoms with E-state index in [1.54, 1.807) is 0 Å². The van der Waals surface area contributed by atoms with E-state index in [9.17, 15) is 0 Å². The molecule has 1 aliphatic rings. The lowest BCUT2D eigenvalue weighted by molar-refractivity contribution is -0.0637. The Morgan fingerprint density at radius 2 is 1.59 bits per heavy atom. The van der Waals surface area contributed by atoms with Crippen LogP contribution in [0.5, 0.6) is 5.75 Å². The van der Waals surface area contributed by atoms with Crippen molar-refractivity contribution in [3.63, 3.8) is 0 Å². The molecule has 0 amide bonds. The summed E-state index contributed by atoms with van der Waals surface area (Å²) in [7, 11) is 0. The molecule has 1 heterocycles. The molecule has 146 valence electrons. The Kier molecular flexibility index (Phi) is 6.23. The number of benzene rings is 2. The molecule has 2 atom stereocenters. The van der Waals surface area contributed by atoms with Crippen LogP contribution in [-0.2, 0) is 4.74 Å². The van der Waals surface area contributed by atoms with Gasteiger partial charge in [0.25, 0.3) is 0 Å². The van der Waals surface area contributed by atoms with Crippen LogP contribution in [-0.4, -0.2) is 24.4 Å². The second-order valence-electron chi connectivity index (χ2n) is 8.54. The van der Waals surface area contributed by atoms with Crippen molar-refractivity contribution in [3.05, 3.63) is 65.2 Å². The van der Waals surface area contributed by atoms with Crippen molar-refractivity contribution in [2.75, 3.05) is 6.61 Å². The Hall–Kier alpha value is -1.84. The fourth-order valence-corrected chi connectivity index (χ4v) is 3.76. The van der Waals surface area contributed by atoms with E-state index >= 15 is 0 Å². The number of rotatable bonds is 6. The molecule has 1 fully saturated rings. The molecule has 0 spiro atoms. The predicted octanol–water partition coefficient (Wildman–Crippen LogP) is 5.42. The van der Waals surface area contributed by atoms with Gasteiger partial charge in [-0.15, -0.1) is 0 Å². The van der Waals surface area contributed by atoms with E-state index in [4.69, 9.17) is 9.47 Å². The summed E-state index contributed by atoms with van der Waals surface area (Å²) in [6.45, 7) is 11.4. The Morgan fingerprint density at radius 3 is 2.15 bits per heavy atom. The van der Waals surface area contributed by atoms with Crippen LogP contribution < -0.4 is 10.1 Å². The zero-order chi connectivity index (χ0) is 19.4. The van der Waals surface area contributed by atoms with Gasteiger partial charge in [0.15, 0.2) is 0 Å². The lowest BCUT2D eigenvalue weighted by Gasteiger charge is -2.38. The first-order valence-corrected chi connectivity index (χ1v) is 10.1. The fourth-order valence-electron chi connectivity index (χ4n) is 3.76. The van der Waals surface area contributed by atoms with Gasteiger partial charge in [-0.1, -0.05) is 42.0 Å². The summed E-state index contributed by atoms with van der Waals surface area (Å²) < 4.78 is 11.7. The SMILES string of the molecule is Cc1ccc([C@H](N[C@H]2CCOC(C)(C)C2)c2ccc(OC(C)C)cc2)cc1. The topological polar surface area (TPSA) is 30.5 Å². The molecule has 1 saturated heterocycles. The molecule has 0 aliphatic carbocycles. The summed E-state index contributed by atoms with van der Waals surface area (Å²) in [6, 6.07) is 18.0. The Bertz CT molecular complexity index is 719. The molecule has 3 heteroatoms. The second-order valence-corrected chi connectivity index (χ2v) is 8.54. The third-order valence-corrected chi connectivity index (χ3v) is 5.10. The number of hydrogen-bond acceptors (Lipinski definition) is 3. The van der Waals surface area contributed by atoms with Crippen molar-refractivity contribution >= 4 is 0 Å². The Labute approximate surface area is 164 Å². The molecule has 1 N–H and O–H groups in total.